The van der Waals surface area contributed by atoms with E-state index in [4.69, 9.17) is 16.0 Å². The average Bonchev–Trinajstić information content (AvgIpc) is 2.81. The van der Waals surface area contributed by atoms with Gasteiger partial charge in [-0.25, -0.2) is 0 Å². The Hall–Kier alpha value is -1.56. The van der Waals surface area contributed by atoms with Crippen molar-refractivity contribution in [3.8, 4) is 0 Å². The van der Waals surface area contributed by atoms with E-state index in [0.717, 1.165) is 31.7 Å². The van der Waals surface area contributed by atoms with Gasteiger partial charge in [-0.2, -0.15) is 0 Å². The number of hydrogen-bond donors (Lipinski definition) is 1. The van der Waals surface area contributed by atoms with Crippen LogP contribution in [-0.2, 0) is 0 Å². The molecule has 0 spiro atoms. The number of nitro groups is 1. The number of furan rings is 1. The molecule has 18 heavy (non-hydrogen) atoms. The van der Waals surface area contributed by atoms with Gasteiger partial charge in [-0.15, -0.1) is 11.6 Å². The Morgan fingerprint density at radius 1 is 1.44 bits per heavy atom. The number of carbonyl (C=O) groups excluding carboxylic acids is 1. The van der Waals surface area contributed by atoms with Gasteiger partial charge in [0.15, 0.2) is 5.76 Å². The highest BCUT2D eigenvalue weighted by atomic mass is 35.5. The maximum Gasteiger partial charge on any atom is 0.433 e. The summed E-state index contributed by atoms with van der Waals surface area (Å²) in [6.07, 6.45) is 3.77. The zero-order valence-corrected chi connectivity index (χ0v) is 10.4. The molecule has 7 heteroatoms. The van der Waals surface area contributed by atoms with E-state index in [1.54, 1.807) is 0 Å². The van der Waals surface area contributed by atoms with E-state index < -0.39 is 16.7 Å². The molecule has 2 unspecified atom stereocenters. The summed E-state index contributed by atoms with van der Waals surface area (Å²) >= 11 is 6.12. The number of alkyl halides is 1. The lowest BCUT2D eigenvalue weighted by Gasteiger charge is -2.27. The summed E-state index contributed by atoms with van der Waals surface area (Å²) < 4.78 is 4.83. The second kappa shape index (κ2) is 5.39. The molecule has 1 fully saturated rings. The van der Waals surface area contributed by atoms with Crippen LogP contribution in [0.4, 0.5) is 5.88 Å². The summed E-state index contributed by atoms with van der Waals surface area (Å²) in [5.74, 6) is -0.956. The van der Waals surface area contributed by atoms with Gasteiger partial charge in [0.2, 0.25) is 0 Å². The average molecular weight is 273 g/mol. The Labute approximate surface area is 108 Å². The highest BCUT2D eigenvalue weighted by Crippen LogP contribution is 2.23. The third-order valence-electron chi connectivity index (χ3n) is 2.99. The fourth-order valence-corrected chi connectivity index (χ4v) is 2.38. The third kappa shape index (κ3) is 2.81. The van der Waals surface area contributed by atoms with Crippen molar-refractivity contribution in [2.45, 2.75) is 37.1 Å². The van der Waals surface area contributed by atoms with Gasteiger partial charge in [0.05, 0.1) is 11.4 Å². The largest absolute Gasteiger partial charge is 0.433 e. The van der Waals surface area contributed by atoms with Gasteiger partial charge in [0.25, 0.3) is 5.91 Å². The Bertz CT molecular complexity index is 460. The van der Waals surface area contributed by atoms with Gasteiger partial charge in [-0.3, -0.25) is 14.9 Å². The van der Waals surface area contributed by atoms with Gasteiger partial charge >= 0.3 is 5.88 Å². The Kier molecular flexibility index (Phi) is 3.86. The molecule has 1 aliphatic carbocycles. The van der Waals surface area contributed by atoms with Crippen molar-refractivity contribution in [1.82, 2.24) is 5.32 Å². The van der Waals surface area contributed by atoms with Crippen LogP contribution in [0.1, 0.15) is 36.2 Å². The van der Waals surface area contributed by atoms with Crippen LogP contribution in [0.5, 0.6) is 0 Å². The maximum absolute atomic E-state index is 11.8. The molecule has 0 aliphatic heterocycles. The molecular formula is C11H13ClN2O4. The quantitative estimate of drug-likeness (QED) is 0.520. The molecule has 1 aromatic rings. The van der Waals surface area contributed by atoms with Crippen molar-refractivity contribution in [1.29, 1.82) is 0 Å². The summed E-state index contributed by atoms with van der Waals surface area (Å²) in [5.41, 5.74) is 0. The number of rotatable bonds is 3. The Morgan fingerprint density at radius 2 is 2.17 bits per heavy atom. The normalized spacial score (nSPS) is 23.6. The fraction of sp³-hybridized carbons (Fsp3) is 0.545. The van der Waals surface area contributed by atoms with Gasteiger partial charge in [-0.05, 0) is 18.9 Å². The molecule has 98 valence electrons. The number of hydrogen-bond acceptors (Lipinski definition) is 4. The van der Waals surface area contributed by atoms with Crippen LogP contribution in [0.3, 0.4) is 0 Å². The molecule has 1 amide bonds. The lowest BCUT2D eigenvalue weighted by Crippen LogP contribution is -2.42. The second-order valence-electron chi connectivity index (χ2n) is 4.28. The van der Waals surface area contributed by atoms with Gasteiger partial charge in [0, 0.05) is 6.04 Å². The van der Waals surface area contributed by atoms with Crippen LogP contribution in [0.25, 0.3) is 0 Å². The van der Waals surface area contributed by atoms with Gasteiger partial charge < -0.3 is 9.73 Å². The fourth-order valence-electron chi connectivity index (χ4n) is 2.04. The maximum atomic E-state index is 11.8. The molecule has 0 saturated heterocycles. The summed E-state index contributed by atoms with van der Waals surface area (Å²) in [5, 5.41) is 13.1. The Morgan fingerprint density at radius 3 is 2.78 bits per heavy atom. The van der Waals surface area contributed by atoms with E-state index in [9.17, 15) is 14.9 Å². The van der Waals surface area contributed by atoms with E-state index in [1.807, 2.05) is 0 Å². The van der Waals surface area contributed by atoms with Crippen LogP contribution in [0.15, 0.2) is 16.5 Å². The third-order valence-corrected chi connectivity index (χ3v) is 3.52. The van der Waals surface area contributed by atoms with E-state index in [0.29, 0.717) is 0 Å². The van der Waals surface area contributed by atoms with Crippen molar-refractivity contribution in [2.75, 3.05) is 0 Å². The number of carbonyl (C=O) groups is 1. The van der Waals surface area contributed by atoms with Crippen molar-refractivity contribution in [2.24, 2.45) is 0 Å². The summed E-state index contributed by atoms with van der Waals surface area (Å²) in [7, 11) is 0. The minimum atomic E-state index is -0.679. The topological polar surface area (TPSA) is 85.4 Å². The molecule has 2 rings (SSSR count). The molecule has 1 aliphatic rings. The van der Waals surface area contributed by atoms with Crippen LogP contribution < -0.4 is 5.32 Å². The molecule has 1 heterocycles. The monoisotopic (exact) mass is 272 g/mol. The Balaban J connectivity index is 2.00. The molecule has 1 N–H and O–H groups in total. The lowest BCUT2D eigenvalue weighted by molar-refractivity contribution is -0.402. The van der Waals surface area contributed by atoms with Gasteiger partial charge in [0.1, 0.15) is 4.92 Å². The zero-order chi connectivity index (χ0) is 13.1. The predicted octanol–water partition coefficient (Wildman–Crippen LogP) is 2.47. The van der Waals surface area contributed by atoms with Gasteiger partial charge in [-0.1, -0.05) is 12.8 Å². The van der Waals surface area contributed by atoms with Crippen molar-refractivity contribution in [3.63, 3.8) is 0 Å². The van der Waals surface area contributed by atoms with E-state index in [-0.39, 0.29) is 17.2 Å². The first-order valence-electron chi connectivity index (χ1n) is 5.77. The minimum absolute atomic E-state index is 0.0591. The first-order chi connectivity index (χ1) is 8.58. The zero-order valence-electron chi connectivity index (χ0n) is 9.60. The van der Waals surface area contributed by atoms with Crippen LogP contribution >= 0.6 is 11.6 Å². The van der Waals surface area contributed by atoms with E-state index in [1.165, 1.54) is 6.07 Å². The number of halogens is 1. The van der Waals surface area contributed by atoms with Crippen LogP contribution in [0.2, 0.25) is 0 Å². The lowest BCUT2D eigenvalue weighted by atomic mass is 9.95. The predicted molar refractivity (Wildman–Crippen MR) is 64.7 cm³/mol. The molecule has 2 atom stereocenters. The molecule has 0 aromatic carbocycles. The molecule has 6 nitrogen and oxygen atoms in total. The summed E-state index contributed by atoms with van der Waals surface area (Å²) in [6, 6.07) is 2.35. The highest BCUT2D eigenvalue weighted by Gasteiger charge is 2.26. The summed E-state index contributed by atoms with van der Waals surface area (Å²) in [4.78, 5) is 21.6. The number of nitrogens with one attached hydrogen (secondary N) is 1. The second-order valence-corrected chi connectivity index (χ2v) is 4.84. The molecule has 0 radical (unpaired) electrons. The van der Waals surface area contributed by atoms with Crippen molar-refractivity contribution >= 4 is 23.4 Å². The highest BCUT2D eigenvalue weighted by molar-refractivity contribution is 6.21. The minimum Gasteiger partial charge on any atom is -0.395 e. The van der Waals surface area contributed by atoms with Crippen molar-refractivity contribution in [3.05, 3.63) is 28.0 Å². The number of amides is 1. The molecule has 1 saturated carbocycles. The molecule has 0 bridgehead atoms. The van der Waals surface area contributed by atoms with E-state index >= 15 is 0 Å². The summed E-state index contributed by atoms with van der Waals surface area (Å²) in [6.45, 7) is 0. The molecule has 1 aromatic heterocycles. The van der Waals surface area contributed by atoms with Crippen LogP contribution in [0, 0.1) is 10.1 Å². The molecular weight excluding hydrogens is 260 g/mol. The van der Waals surface area contributed by atoms with E-state index in [2.05, 4.69) is 5.32 Å². The SMILES string of the molecule is O=C(NC1CCCCC1Cl)c1ccc([N+](=O)[O-])o1. The number of nitrogens with zero attached hydrogens (tertiary/aromatic N) is 1. The first-order valence-corrected chi connectivity index (χ1v) is 6.20. The smallest absolute Gasteiger partial charge is 0.395 e. The first kappa shape index (κ1) is 12.9. The van der Waals surface area contributed by atoms with Crippen LogP contribution in [-0.4, -0.2) is 22.2 Å². The van der Waals surface area contributed by atoms with Crippen molar-refractivity contribution < 1.29 is 14.1 Å². The standard InChI is InChI=1S/C11H13ClN2O4/c12-7-3-1-2-4-8(7)13-11(15)9-5-6-10(18-9)14(16)17/h5-8H,1-4H2,(H,13,15).